The van der Waals surface area contributed by atoms with Gasteiger partial charge in [0, 0.05) is 0 Å². The molecule has 7 N–H and O–H groups in total. The monoisotopic (exact) mass is 547 g/mol. The van der Waals surface area contributed by atoms with E-state index in [9.17, 15) is 33.9 Å². The Morgan fingerprint density at radius 2 is 1.91 bits per heavy atom. The third-order valence-electron chi connectivity index (χ3n) is 4.74. The summed E-state index contributed by atoms with van der Waals surface area (Å²) in [4.78, 5) is 39.6. The van der Waals surface area contributed by atoms with Gasteiger partial charge in [-0.1, -0.05) is 0 Å². The van der Waals surface area contributed by atoms with Crippen molar-refractivity contribution in [1.29, 1.82) is 5.26 Å². The van der Waals surface area contributed by atoms with E-state index in [4.69, 9.17) is 20.3 Å². The number of ether oxygens (including phenoxy) is 1. The van der Waals surface area contributed by atoms with Crippen LogP contribution >= 0.6 is 23.5 Å². The highest BCUT2D eigenvalue weighted by Crippen LogP contribution is 2.66. The molecule has 1 saturated heterocycles. The van der Waals surface area contributed by atoms with Gasteiger partial charge in [0.15, 0.2) is 11.5 Å². The van der Waals surface area contributed by atoms with Crippen LogP contribution in [0, 0.1) is 11.3 Å². The Balaban J connectivity index is 1.86. The fourth-order valence-corrected chi connectivity index (χ4v) is 6.31. The van der Waals surface area contributed by atoms with Crippen LogP contribution in [0.15, 0.2) is 18.5 Å². The van der Waals surface area contributed by atoms with Gasteiger partial charge in [-0.3, -0.25) is 4.52 Å². The molecule has 1 fully saturated rings. The molecule has 0 aromatic carbocycles. The molecule has 0 spiro atoms. The number of nitriles is 1. The summed E-state index contributed by atoms with van der Waals surface area (Å²) >= 11 is 0. The normalized spacial score (nSPS) is 31.1. The van der Waals surface area contributed by atoms with Crippen LogP contribution in [0.4, 0.5) is 10.2 Å². The van der Waals surface area contributed by atoms with E-state index in [1.54, 1.807) is 6.07 Å². The molecule has 0 amide bonds. The number of rotatable bonds is 8. The highest BCUT2D eigenvalue weighted by atomic mass is 31.3. The van der Waals surface area contributed by atoms with Gasteiger partial charge in [0.25, 0.3) is 0 Å². The van der Waals surface area contributed by atoms with E-state index in [1.165, 1.54) is 12.1 Å². The molecule has 21 heteroatoms. The first kappa shape index (κ1) is 26.8. The minimum Gasteiger partial charge on any atom is -0.387 e. The van der Waals surface area contributed by atoms with Crippen molar-refractivity contribution >= 4 is 34.8 Å². The van der Waals surface area contributed by atoms with Crippen molar-refractivity contribution in [2.75, 3.05) is 12.3 Å². The number of phosphoric ester groups is 1. The molecule has 0 saturated carbocycles. The lowest BCUT2D eigenvalue weighted by atomic mass is 9.82. The minimum absolute atomic E-state index is 0.0161. The Kier molecular flexibility index (Phi) is 6.83. The van der Waals surface area contributed by atoms with E-state index < -0.39 is 53.6 Å². The van der Waals surface area contributed by atoms with Gasteiger partial charge in [0.2, 0.25) is 5.60 Å². The molecule has 0 bridgehead atoms. The Labute approximate surface area is 188 Å². The number of anilines is 1. The zero-order valence-corrected chi connectivity index (χ0v) is 19.5. The molecule has 3 rings (SSSR count). The second-order valence-electron chi connectivity index (χ2n) is 7.02. The molecule has 2 aromatic rings. The second-order valence-corrected chi connectivity index (χ2v) is 11.4. The van der Waals surface area contributed by atoms with Crippen molar-refractivity contribution in [2.45, 2.75) is 30.4 Å². The van der Waals surface area contributed by atoms with Crippen LogP contribution in [0.5, 0.6) is 0 Å². The number of nitrogens with two attached hydrogens (primary N) is 1. The number of aliphatic hydroxyl groups excluding tert-OH is 1. The SMILES string of the molecule is CC1(F)C(O)C(COP(=O)(O)OP(=O)(O)OP(=O)(O)O)OC1(C#N)c1ccc2c(N)ncnn12. The highest BCUT2D eigenvalue weighted by Gasteiger charge is 2.67. The van der Waals surface area contributed by atoms with Crippen molar-refractivity contribution in [3.8, 4) is 6.07 Å². The van der Waals surface area contributed by atoms with Gasteiger partial charge in [-0.25, -0.2) is 27.6 Å². The van der Waals surface area contributed by atoms with Gasteiger partial charge in [0.05, 0.1) is 12.3 Å². The summed E-state index contributed by atoms with van der Waals surface area (Å²) in [6, 6.07) is 4.21. The van der Waals surface area contributed by atoms with Crippen LogP contribution in [-0.2, 0) is 37.2 Å². The van der Waals surface area contributed by atoms with E-state index in [0.717, 1.165) is 17.8 Å². The maximum Gasteiger partial charge on any atom is 0.490 e. The molecule has 3 heterocycles. The predicted octanol–water partition coefficient (Wildman–Crippen LogP) is -0.138. The summed E-state index contributed by atoms with van der Waals surface area (Å²) in [5, 5.41) is 24.2. The number of fused-ring (bicyclic) bond motifs is 1. The van der Waals surface area contributed by atoms with Gasteiger partial charge >= 0.3 is 23.5 Å². The molecule has 0 aliphatic carbocycles. The zero-order chi connectivity index (χ0) is 25.7. The number of nitrogens with zero attached hydrogens (tertiary/aromatic N) is 4. The first-order valence-electron chi connectivity index (χ1n) is 8.78. The fraction of sp³-hybridized carbons (Fsp3) is 0.462. The third kappa shape index (κ3) is 4.93. The molecular weight excluding hydrogens is 530 g/mol. The van der Waals surface area contributed by atoms with Gasteiger partial charge in [-0.15, -0.1) is 0 Å². The minimum atomic E-state index is -5.80. The maximum absolute atomic E-state index is 15.7. The average Bonchev–Trinajstić information content (AvgIpc) is 3.17. The van der Waals surface area contributed by atoms with Gasteiger partial charge in [-0.2, -0.15) is 19.0 Å². The fourth-order valence-electron chi connectivity index (χ4n) is 3.28. The number of alkyl halides is 1. The Morgan fingerprint density at radius 1 is 1.26 bits per heavy atom. The summed E-state index contributed by atoms with van der Waals surface area (Å²) in [6.07, 6.45) is -2.97. The smallest absolute Gasteiger partial charge is 0.387 e. The number of phosphoric acid groups is 3. The van der Waals surface area contributed by atoms with Crippen LogP contribution in [0.1, 0.15) is 12.6 Å². The van der Waals surface area contributed by atoms with Crippen molar-refractivity contribution in [1.82, 2.24) is 14.6 Å². The summed E-state index contributed by atoms with van der Waals surface area (Å²) in [5.74, 6) is -0.0161. The van der Waals surface area contributed by atoms with Crippen molar-refractivity contribution in [2.24, 2.45) is 0 Å². The molecule has 17 nitrogen and oxygen atoms in total. The van der Waals surface area contributed by atoms with Crippen LogP contribution < -0.4 is 5.73 Å². The Hall–Kier alpha value is -1.83. The molecule has 6 atom stereocenters. The van der Waals surface area contributed by atoms with Crippen molar-refractivity contribution < 1.29 is 60.6 Å². The molecule has 0 radical (unpaired) electrons. The molecule has 1 aliphatic rings. The summed E-state index contributed by atoms with van der Waals surface area (Å²) in [6.45, 7) is -0.371. The lowest BCUT2D eigenvalue weighted by molar-refractivity contribution is -0.0711. The topological polar surface area (TPSA) is 269 Å². The van der Waals surface area contributed by atoms with Crippen molar-refractivity contribution in [3.05, 3.63) is 24.2 Å². The number of hydrogen-bond acceptors (Lipinski definition) is 12. The summed E-state index contributed by atoms with van der Waals surface area (Å²) in [5.41, 5.74) is 0.258. The van der Waals surface area contributed by atoms with E-state index in [0.29, 0.717) is 0 Å². The summed E-state index contributed by atoms with van der Waals surface area (Å²) < 4.78 is 67.7. The maximum atomic E-state index is 15.7. The van der Waals surface area contributed by atoms with Crippen LogP contribution in [0.3, 0.4) is 0 Å². The number of hydrogen-bond donors (Lipinski definition) is 6. The average molecular weight is 547 g/mol. The second kappa shape index (κ2) is 8.68. The van der Waals surface area contributed by atoms with Crippen LogP contribution in [0.2, 0.25) is 0 Å². The van der Waals surface area contributed by atoms with Gasteiger partial charge in [0.1, 0.15) is 30.1 Å². The largest absolute Gasteiger partial charge is 0.490 e. The van der Waals surface area contributed by atoms with Gasteiger partial charge < -0.3 is 35.2 Å². The quantitative estimate of drug-likeness (QED) is 0.235. The molecule has 34 heavy (non-hydrogen) atoms. The number of nitrogen functional groups attached to an aromatic ring is 1. The van der Waals surface area contributed by atoms with Crippen molar-refractivity contribution in [3.63, 3.8) is 0 Å². The lowest BCUT2D eigenvalue weighted by Gasteiger charge is -2.30. The number of aliphatic hydroxyl groups is 1. The molecular formula is C13H17FN5O12P3. The number of halogens is 1. The molecule has 1 aliphatic heterocycles. The molecule has 6 unspecified atom stereocenters. The highest BCUT2D eigenvalue weighted by molar-refractivity contribution is 7.66. The number of aromatic nitrogens is 3. The van der Waals surface area contributed by atoms with E-state index in [1.807, 2.05) is 0 Å². The molecule has 2 aromatic heterocycles. The Bertz CT molecular complexity index is 1290. The zero-order valence-electron chi connectivity index (χ0n) is 16.8. The standard InChI is InChI=1S/C13H17FN5O12P3/c1-12(14)10(20)8(4-28-33(24,25)31-34(26,27)30-32(21,22)23)29-13(12,5-15)9-3-2-7-11(16)17-6-18-19(7)9/h2-3,6,8,10,20H,4H2,1H3,(H,24,25)(H,26,27)(H2,16,17,18)(H2,21,22,23). The third-order valence-corrected chi connectivity index (χ3v) is 8.54. The summed E-state index contributed by atoms with van der Waals surface area (Å²) in [7, 11) is -17.0. The van der Waals surface area contributed by atoms with E-state index in [-0.39, 0.29) is 17.0 Å². The lowest BCUT2D eigenvalue weighted by Crippen LogP contribution is -2.48. The van der Waals surface area contributed by atoms with E-state index in [2.05, 4.69) is 23.2 Å². The van der Waals surface area contributed by atoms with E-state index >= 15 is 4.39 Å². The Morgan fingerprint density at radius 3 is 2.50 bits per heavy atom. The molecule has 188 valence electrons. The first-order valence-corrected chi connectivity index (χ1v) is 13.3. The van der Waals surface area contributed by atoms with Crippen LogP contribution in [-0.4, -0.2) is 63.8 Å². The van der Waals surface area contributed by atoms with Crippen LogP contribution in [0.25, 0.3) is 5.52 Å². The predicted molar refractivity (Wildman–Crippen MR) is 105 cm³/mol. The first-order chi connectivity index (χ1) is 15.4. The van der Waals surface area contributed by atoms with Gasteiger partial charge in [-0.05, 0) is 19.1 Å².